The summed E-state index contributed by atoms with van der Waals surface area (Å²) in [4.78, 5) is 0. The fourth-order valence-corrected chi connectivity index (χ4v) is 0.111. The fraction of sp³-hybridized carbons (Fsp3) is 0. The SMILES string of the molecule is C=C[CH]OC=C. The summed E-state index contributed by atoms with van der Waals surface area (Å²) < 4.78 is 4.50. The monoisotopic (exact) mass is 83.0 g/mol. The fourth-order valence-electron chi connectivity index (χ4n) is 0.111. The molecule has 0 fully saturated rings. The molecule has 0 rings (SSSR count). The van der Waals surface area contributed by atoms with Gasteiger partial charge in [0, 0.05) is 0 Å². The van der Waals surface area contributed by atoms with E-state index in [4.69, 9.17) is 0 Å². The Morgan fingerprint density at radius 3 is 2.17 bits per heavy atom. The summed E-state index contributed by atoms with van der Waals surface area (Å²) >= 11 is 0. The van der Waals surface area contributed by atoms with Gasteiger partial charge in [0.15, 0.2) is 6.61 Å². The largest absolute Gasteiger partial charge is 0.490 e. The molecule has 0 spiro atoms. The minimum Gasteiger partial charge on any atom is -0.490 e. The van der Waals surface area contributed by atoms with Crippen molar-refractivity contribution in [2.24, 2.45) is 0 Å². The highest BCUT2D eigenvalue weighted by Gasteiger charge is 1.63. The Morgan fingerprint density at radius 1 is 1.33 bits per heavy atom. The Balaban J connectivity index is 2.66. The van der Waals surface area contributed by atoms with Gasteiger partial charge in [-0.25, -0.2) is 0 Å². The topological polar surface area (TPSA) is 9.23 Å². The summed E-state index contributed by atoms with van der Waals surface area (Å²) in [5.41, 5.74) is 0. The summed E-state index contributed by atoms with van der Waals surface area (Å²) in [5.74, 6) is 0. The molecule has 0 saturated heterocycles. The lowest BCUT2D eigenvalue weighted by Gasteiger charge is -1.84. The lowest BCUT2D eigenvalue weighted by molar-refractivity contribution is 0.359. The normalized spacial score (nSPS) is 6.67. The lowest BCUT2D eigenvalue weighted by Crippen LogP contribution is -1.65. The molecular formula is C5H7O. The molecule has 0 unspecified atom stereocenters. The van der Waals surface area contributed by atoms with Crippen LogP contribution in [0.5, 0.6) is 0 Å². The van der Waals surface area contributed by atoms with Gasteiger partial charge in [-0.1, -0.05) is 13.2 Å². The minimum absolute atomic E-state index is 1.34. The van der Waals surface area contributed by atoms with Crippen LogP contribution >= 0.6 is 0 Å². The smallest absolute Gasteiger partial charge is 0.156 e. The molecule has 0 bridgehead atoms. The van der Waals surface area contributed by atoms with Crippen LogP contribution in [0.25, 0.3) is 0 Å². The minimum atomic E-state index is 1.34. The summed E-state index contributed by atoms with van der Waals surface area (Å²) in [7, 11) is 0. The van der Waals surface area contributed by atoms with E-state index in [1.165, 1.54) is 12.9 Å². The van der Waals surface area contributed by atoms with E-state index >= 15 is 0 Å². The molecule has 0 aromatic rings. The van der Waals surface area contributed by atoms with E-state index in [9.17, 15) is 0 Å². The summed E-state index contributed by atoms with van der Waals surface area (Å²) in [6, 6.07) is 0. The van der Waals surface area contributed by atoms with E-state index in [1.807, 2.05) is 0 Å². The highest BCUT2D eigenvalue weighted by molar-refractivity contribution is 4.78. The van der Waals surface area contributed by atoms with Gasteiger partial charge in [0.05, 0.1) is 6.26 Å². The van der Waals surface area contributed by atoms with E-state index in [-0.39, 0.29) is 0 Å². The molecule has 6 heavy (non-hydrogen) atoms. The van der Waals surface area contributed by atoms with Crippen LogP contribution in [0.2, 0.25) is 0 Å². The van der Waals surface area contributed by atoms with Gasteiger partial charge in [0.25, 0.3) is 0 Å². The molecule has 1 radical (unpaired) electrons. The zero-order valence-electron chi connectivity index (χ0n) is 3.55. The first-order chi connectivity index (χ1) is 2.91. The van der Waals surface area contributed by atoms with Crippen molar-refractivity contribution < 1.29 is 4.74 Å². The van der Waals surface area contributed by atoms with Crippen molar-refractivity contribution >= 4 is 0 Å². The van der Waals surface area contributed by atoms with E-state index in [0.29, 0.717) is 0 Å². The van der Waals surface area contributed by atoms with Crippen LogP contribution in [0, 0.1) is 6.61 Å². The third-order valence-corrected chi connectivity index (χ3v) is 0.271. The standard InChI is InChI=1S/C5H7O/c1-3-5-6-4-2/h3-5H,1-2H2. The second kappa shape index (κ2) is 4.28. The van der Waals surface area contributed by atoms with Gasteiger partial charge in [-0.3, -0.25) is 0 Å². The van der Waals surface area contributed by atoms with Gasteiger partial charge in [-0.2, -0.15) is 0 Å². The zero-order valence-corrected chi connectivity index (χ0v) is 3.55. The molecule has 0 aromatic heterocycles. The van der Waals surface area contributed by atoms with Crippen molar-refractivity contribution in [3.8, 4) is 0 Å². The Bertz CT molecular complexity index is 39.9. The molecule has 0 aliphatic rings. The lowest BCUT2D eigenvalue weighted by atomic mass is 10.7. The summed E-state index contributed by atoms with van der Waals surface area (Å²) in [6.07, 6.45) is 2.88. The van der Waals surface area contributed by atoms with Crippen LogP contribution in [0.15, 0.2) is 25.5 Å². The van der Waals surface area contributed by atoms with Crippen LogP contribution in [-0.2, 0) is 4.74 Å². The van der Waals surface area contributed by atoms with Crippen LogP contribution in [0.1, 0.15) is 0 Å². The van der Waals surface area contributed by atoms with Crippen molar-refractivity contribution in [3.63, 3.8) is 0 Å². The third kappa shape index (κ3) is 3.28. The van der Waals surface area contributed by atoms with E-state index < -0.39 is 0 Å². The van der Waals surface area contributed by atoms with Crippen molar-refractivity contribution in [3.05, 3.63) is 32.1 Å². The molecule has 1 heteroatoms. The van der Waals surface area contributed by atoms with Gasteiger partial charge in [0.2, 0.25) is 0 Å². The molecular weight excluding hydrogens is 76.1 g/mol. The molecule has 0 heterocycles. The average Bonchev–Trinajstić information content (AvgIpc) is 1.61. The quantitative estimate of drug-likeness (QED) is 0.371. The first kappa shape index (κ1) is 5.28. The Hall–Kier alpha value is -0.720. The van der Waals surface area contributed by atoms with Crippen molar-refractivity contribution in [1.29, 1.82) is 0 Å². The molecule has 0 aliphatic heterocycles. The Labute approximate surface area is 37.9 Å². The second-order valence-electron chi connectivity index (χ2n) is 0.675. The highest BCUT2D eigenvalue weighted by atomic mass is 16.5. The molecule has 0 aromatic carbocycles. The number of hydrogen-bond donors (Lipinski definition) is 0. The van der Waals surface area contributed by atoms with Crippen molar-refractivity contribution in [2.45, 2.75) is 0 Å². The first-order valence-corrected chi connectivity index (χ1v) is 1.62. The molecule has 0 N–H and O–H groups in total. The molecule has 0 amide bonds. The molecule has 0 aliphatic carbocycles. The molecule has 0 atom stereocenters. The summed E-state index contributed by atoms with van der Waals surface area (Å²) in [5, 5.41) is 0. The average molecular weight is 83.1 g/mol. The number of hydrogen-bond acceptors (Lipinski definition) is 1. The van der Waals surface area contributed by atoms with Gasteiger partial charge < -0.3 is 4.74 Å². The van der Waals surface area contributed by atoms with Crippen molar-refractivity contribution in [1.82, 2.24) is 0 Å². The maximum Gasteiger partial charge on any atom is 0.156 e. The Morgan fingerprint density at radius 2 is 2.00 bits per heavy atom. The maximum atomic E-state index is 4.50. The maximum absolute atomic E-state index is 4.50. The zero-order chi connectivity index (χ0) is 4.83. The van der Waals surface area contributed by atoms with Crippen LogP contribution in [0.4, 0.5) is 0 Å². The van der Waals surface area contributed by atoms with Gasteiger partial charge in [-0.05, 0) is 6.08 Å². The van der Waals surface area contributed by atoms with Gasteiger partial charge in [0.1, 0.15) is 0 Å². The number of ether oxygens (including phenoxy) is 1. The third-order valence-electron chi connectivity index (χ3n) is 0.271. The summed E-state index contributed by atoms with van der Waals surface area (Å²) in [6.45, 7) is 8.12. The number of rotatable bonds is 3. The first-order valence-electron chi connectivity index (χ1n) is 1.62. The predicted molar refractivity (Wildman–Crippen MR) is 25.8 cm³/mol. The van der Waals surface area contributed by atoms with E-state index in [2.05, 4.69) is 17.9 Å². The Kier molecular flexibility index (Phi) is 3.77. The van der Waals surface area contributed by atoms with E-state index in [1.54, 1.807) is 6.08 Å². The van der Waals surface area contributed by atoms with E-state index in [0.717, 1.165) is 0 Å². The van der Waals surface area contributed by atoms with Crippen LogP contribution in [-0.4, -0.2) is 0 Å². The van der Waals surface area contributed by atoms with Gasteiger partial charge in [-0.15, -0.1) is 0 Å². The van der Waals surface area contributed by atoms with Crippen LogP contribution < -0.4 is 0 Å². The highest BCUT2D eigenvalue weighted by Crippen LogP contribution is 1.78. The molecule has 33 valence electrons. The second-order valence-corrected chi connectivity index (χ2v) is 0.675. The van der Waals surface area contributed by atoms with Crippen LogP contribution in [0.3, 0.4) is 0 Å². The predicted octanol–water partition coefficient (Wildman–Crippen LogP) is 1.49. The van der Waals surface area contributed by atoms with Gasteiger partial charge >= 0.3 is 0 Å². The van der Waals surface area contributed by atoms with Crippen molar-refractivity contribution in [2.75, 3.05) is 0 Å². The molecule has 1 nitrogen and oxygen atoms in total. The molecule has 0 saturated carbocycles.